The molecule has 4 nitrogen and oxygen atoms in total. The van der Waals surface area contributed by atoms with Gasteiger partial charge >= 0.3 is 5.97 Å². The molecule has 1 aromatic carbocycles. The van der Waals surface area contributed by atoms with Crippen LogP contribution in [0, 0.1) is 0 Å². The number of amides is 1. The molecule has 0 radical (unpaired) electrons. The zero-order valence-electron chi connectivity index (χ0n) is 10.7. The molecule has 20 heavy (non-hydrogen) atoms. The van der Waals surface area contributed by atoms with E-state index >= 15 is 0 Å². The lowest BCUT2D eigenvalue weighted by Gasteiger charge is -2.16. The van der Waals surface area contributed by atoms with Crippen molar-refractivity contribution in [2.24, 2.45) is 0 Å². The van der Waals surface area contributed by atoms with Gasteiger partial charge in [-0.15, -0.1) is 11.3 Å². The topological polar surface area (TPSA) is 57.6 Å². The molecule has 104 valence electrons. The van der Waals surface area contributed by atoms with Crippen molar-refractivity contribution in [3.63, 3.8) is 0 Å². The van der Waals surface area contributed by atoms with Crippen LogP contribution in [0.1, 0.15) is 24.9 Å². The third kappa shape index (κ3) is 3.37. The molecule has 0 aliphatic carbocycles. The Morgan fingerprint density at radius 2 is 1.75 bits per heavy atom. The Bertz CT molecular complexity index is 636. The Balaban J connectivity index is 2.07. The number of thiophene rings is 1. The van der Waals surface area contributed by atoms with Crippen molar-refractivity contribution in [1.82, 2.24) is 4.90 Å². The van der Waals surface area contributed by atoms with Crippen LogP contribution in [-0.4, -0.2) is 28.9 Å². The van der Waals surface area contributed by atoms with Crippen molar-refractivity contribution in [1.29, 1.82) is 0 Å². The molecule has 0 unspecified atom stereocenters. The summed E-state index contributed by atoms with van der Waals surface area (Å²) in [5, 5.41) is 9.50. The molecule has 0 atom stereocenters. The molecular weight excluding hydrogens is 298 g/mol. The summed E-state index contributed by atoms with van der Waals surface area (Å²) < 4.78 is 0. The molecule has 2 rings (SSSR count). The van der Waals surface area contributed by atoms with E-state index in [0.29, 0.717) is 16.4 Å². The normalized spacial score (nSPS) is 10.3. The number of carbonyl (C=O) groups excluding carboxylic acids is 1. The molecule has 1 heterocycles. The molecule has 1 N–H and O–H groups in total. The zero-order valence-corrected chi connectivity index (χ0v) is 12.2. The zero-order chi connectivity index (χ0) is 14.7. The molecule has 0 saturated carbocycles. The minimum absolute atomic E-state index is 0.160. The molecule has 6 heteroatoms. The average Bonchev–Trinajstić information content (AvgIpc) is 2.90. The Labute approximate surface area is 125 Å². The van der Waals surface area contributed by atoms with Crippen molar-refractivity contribution >= 4 is 34.8 Å². The van der Waals surface area contributed by atoms with Gasteiger partial charge in [0.25, 0.3) is 5.91 Å². The van der Waals surface area contributed by atoms with Gasteiger partial charge in [0.2, 0.25) is 0 Å². The minimum Gasteiger partial charge on any atom is -0.477 e. The van der Waals surface area contributed by atoms with Gasteiger partial charge in [-0.25, -0.2) is 4.79 Å². The highest BCUT2D eigenvalue weighted by atomic mass is 35.5. The summed E-state index contributed by atoms with van der Waals surface area (Å²) in [4.78, 5) is 25.1. The van der Waals surface area contributed by atoms with E-state index in [4.69, 9.17) is 16.7 Å². The first kappa shape index (κ1) is 14.6. The first-order chi connectivity index (χ1) is 9.47. The van der Waals surface area contributed by atoms with Crippen LogP contribution < -0.4 is 0 Å². The molecule has 0 saturated heterocycles. The average molecular weight is 310 g/mol. The van der Waals surface area contributed by atoms with E-state index in [-0.39, 0.29) is 10.8 Å². The van der Waals surface area contributed by atoms with Crippen LogP contribution in [0.2, 0.25) is 5.02 Å². The fraction of sp³-hybridized carbons (Fsp3) is 0.143. The standard InChI is InChI=1S/C14H12ClNO3S/c1-16(8-9-2-4-10(15)5-3-9)13(17)11-6-7-12(20-11)14(18)19/h2-7H,8H2,1H3,(H,18,19). The molecule has 0 fully saturated rings. The molecule has 0 bridgehead atoms. The number of carboxylic acids is 1. The third-order valence-electron chi connectivity index (χ3n) is 2.71. The fourth-order valence-corrected chi connectivity index (χ4v) is 2.66. The predicted molar refractivity (Wildman–Crippen MR) is 78.5 cm³/mol. The van der Waals surface area contributed by atoms with Crippen LogP contribution in [0.5, 0.6) is 0 Å². The predicted octanol–water partition coefficient (Wildman–Crippen LogP) is 3.37. The lowest BCUT2D eigenvalue weighted by molar-refractivity contribution is 0.0701. The largest absolute Gasteiger partial charge is 0.477 e. The quantitative estimate of drug-likeness (QED) is 0.942. The molecule has 1 amide bonds. The van der Waals surface area contributed by atoms with Gasteiger partial charge in [-0.3, -0.25) is 4.79 Å². The van der Waals surface area contributed by atoms with Crippen molar-refractivity contribution in [2.45, 2.75) is 6.54 Å². The number of aromatic carboxylic acids is 1. The van der Waals surface area contributed by atoms with Gasteiger partial charge < -0.3 is 10.0 Å². The number of halogens is 1. The van der Waals surface area contributed by atoms with Crippen LogP contribution in [0.15, 0.2) is 36.4 Å². The number of hydrogen-bond acceptors (Lipinski definition) is 3. The van der Waals surface area contributed by atoms with Crippen LogP contribution in [0.3, 0.4) is 0 Å². The van der Waals surface area contributed by atoms with E-state index in [9.17, 15) is 9.59 Å². The number of carboxylic acid groups (broad SMARTS) is 1. The maximum absolute atomic E-state index is 12.2. The van der Waals surface area contributed by atoms with E-state index in [1.165, 1.54) is 12.1 Å². The maximum atomic E-state index is 12.2. The molecular formula is C14H12ClNO3S. The second-order valence-corrected chi connectivity index (χ2v) is 5.78. The molecule has 1 aromatic heterocycles. The highest BCUT2D eigenvalue weighted by Crippen LogP contribution is 2.19. The highest BCUT2D eigenvalue weighted by molar-refractivity contribution is 7.15. The summed E-state index contributed by atoms with van der Waals surface area (Å²) in [6, 6.07) is 10.2. The summed E-state index contributed by atoms with van der Waals surface area (Å²) >= 11 is 6.78. The first-order valence-electron chi connectivity index (χ1n) is 5.80. The molecule has 0 aliphatic heterocycles. The van der Waals surface area contributed by atoms with Gasteiger partial charge in [0.05, 0.1) is 4.88 Å². The lowest BCUT2D eigenvalue weighted by Crippen LogP contribution is -2.25. The number of carbonyl (C=O) groups is 2. The number of nitrogens with zero attached hydrogens (tertiary/aromatic N) is 1. The van der Waals surface area contributed by atoms with Crippen LogP contribution in [0.4, 0.5) is 0 Å². The van der Waals surface area contributed by atoms with Crippen LogP contribution in [-0.2, 0) is 6.54 Å². The summed E-state index contributed by atoms with van der Waals surface area (Å²) in [6.45, 7) is 0.441. The van der Waals surface area contributed by atoms with Crippen molar-refractivity contribution in [3.8, 4) is 0 Å². The van der Waals surface area contributed by atoms with Gasteiger partial charge in [0, 0.05) is 18.6 Å². The Kier molecular flexibility index (Phi) is 4.42. The van der Waals surface area contributed by atoms with E-state index in [2.05, 4.69) is 0 Å². The Hall–Kier alpha value is -1.85. The first-order valence-corrected chi connectivity index (χ1v) is 7.00. The summed E-state index contributed by atoms with van der Waals surface area (Å²) in [6.07, 6.45) is 0. The number of benzene rings is 1. The second-order valence-electron chi connectivity index (χ2n) is 4.26. The summed E-state index contributed by atoms with van der Waals surface area (Å²) in [5.74, 6) is -1.22. The van der Waals surface area contributed by atoms with E-state index in [0.717, 1.165) is 16.9 Å². The summed E-state index contributed by atoms with van der Waals surface area (Å²) in [7, 11) is 1.68. The number of rotatable bonds is 4. The monoisotopic (exact) mass is 309 g/mol. The number of hydrogen-bond donors (Lipinski definition) is 1. The van der Waals surface area contributed by atoms with E-state index in [1.54, 1.807) is 24.1 Å². The summed E-state index contributed by atoms with van der Waals surface area (Å²) in [5.41, 5.74) is 0.959. The van der Waals surface area contributed by atoms with Gasteiger partial charge in [0.1, 0.15) is 4.88 Å². The Morgan fingerprint density at radius 3 is 2.30 bits per heavy atom. The SMILES string of the molecule is CN(Cc1ccc(Cl)cc1)C(=O)c1ccc(C(=O)O)s1. The van der Waals surface area contributed by atoms with Crippen molar-refractivity contribution in [2.75, 3.05) is 7.05 Å². The lowest BCUT2D eigenvalue weighted by atomic mass is 10.2. The van der Waals surface area contributed by atoms with Gasteiger partial charge in [-0.1, -0.05) is 23.7 Å². The van der Waals surface area contributed by atoms with Gasteiger partial charge in [-0.2, -0.15) is 0 Å². The van der Waals surface area contributed by atoms with Crippen molar-refractivity contribution in [3.05, 3.63) is 56.7 Å². The third-order valence-corrected chi connectivity index (χ3v) is 4.02. The van der Waals surface area contributed by atoms with Crippen LogP contribution >= 0.6 is 22.9 Å². The molecule has 2 aromatic rings. The minimum atomic E-state index is -1.02. The smallest absolute Gasteiger partial charge is 0.345 e. The Morgan fingerprint density at radius 1 is 1.15 bits per heavy atom. The second kappa shape index (κ2) is 6.07. The highest BCUT2D eigenvalue weighted by Gasteiger charge is 2.16. The van der Waals surface area contributed by atoms with E-state index < -0.39 is 5.97 Å². The van der Waals surface area contributed by atoms with Crippen LogP contribution in [0.25, 0.3) is 0 Å². The molecule has 0 spiro atoms. The fourth-order valence-electron chi connectivity index (χ4n) is 1.69. The van der Waals surface area contributed by atoms with Gasteiger partial charge in [-0.05, 0) is 29.8 Å². The van der Waals surface area contributed by atoms with Crippen molar-refractivity contribution < 1.29 is 14.7 Å². The van der Waals surface area contributed by atoms with Gasteiger partial charge in [0.15, 0.2) is 0 Å². The van der Waals surface area contributed by atoms with E-state index in [1.807, 2.05) is 12.1 Å². The molecule has 0 aliphatic rings. The maximum Gasteiger partial charge on any atom is 0.345 e.